The molecule has 1 saturated carbocycles. The molecule has 1 fully saturated rings. The molecule has 5 nitrogen and oxygen atoms in total. The first-order valence-corrected chi connectivity index (χ1v) is 9.04. The molecule has 1 heterocycles. The molecule has 1 aliphatic rings. The van der Waals surface area contributed by atoms with Crippen LogP contribution in [0.1, 0.15) is 39.5 Å². The zero-order valence-electron chi connectivity index (χ0n) is 12.0. The predicted octanol–water partition coefficient (Wildman–Crippen LogP) is 2.37. The molecule has 20 heavy (non-hydrogen) atoms. The number of hydrogen-bond acceptors (Lipinski definition) is 3. The zero-order chi connectivity index (χ0) is 14.8. The van der Waals surface area contributed by atoms with Crippen molar-refractivity contribution in [2.45, 2.75) is 56.6 Å². The maximum Gasteiger partial charge on any atom is 0.260 e. The number of nitrogens with one attached hydrogen (secondary N) is 1. The van der Waals surface area contributed by atoms with Gasteiger partial charge in [0, 0.05) is 24.2 Å². The van der Waals surface area contributed by atoms with Crippen molar-refractivity contribution < 1.29 is 8.42 Å². The third-order valence-corrected chi connectivity index (χ3v) is 6.06. The second-order valence-electron chi connectivity index (χ2n) is 5.74. The molecule has 0 amide bonds. The lowest BCUT2D eigenvalue weighted by molar-refractivity contribution is 0.247. The van der Waals surface area contributed by atoms with Gasteiger partial charge in [0.2, 0.25) is 0 Å². The van der Waals surface area contributed by atoms with Crippen LogP contribution in [0.3, 0.4) is 0 Å². The Kier molecular flexibility index (Phi) is 4.76. The van der Waals surface area contributed by atoms with Crippen LogP contribution >= 0.6 is 11.6 Å². The van der Waals surface area contributed by atoms with Crippen LogP contribution in [0.25, 0.3) is 0 Å². The minimum atomic E-state index is -3.60. The Bertz CT molecular complexity index is 548. The molecule has 0 atom stereocenters. The highest BCUT2D eigenvalue weighted by Crippen LogP contribution is 2.33. The molecular formula is C13H22ClN3O2S. The van der Waals surface area contributed by atoms with E-state index in [0.717, 1.165) is 25.7 Å². The van der Waals surface area contributed by atoms with Crippen molar-refractivity contribution in [3.05, 3.63) is 12.5 Å². The van der Waals surface area contributed by atoms with Crippen LogP contribution in [0, 0.1) is 5.92 Å². The SMILES string of the molecule is CCn1cnc(S(=O)(=O)NC2(CCl)CCC(C)CC2)c1. The lowest BCUT2D eigenvalue weighted by atomic mass is 9.79. The summed E-state index contributed by atoms with van der Waals surface area (Å²) >= 11 is 6.06. The fourth-order valence-corrected chi connectivity index (χ4v) is 4.39. The standard InChI is InChI=1S/C13H22ClN3O2S/c1-3-17-8-12(15-10-17)20(18,19)16-13(9-14)6-4-11(2)5-7-13/h8,10-11,16H,3-7,9H2,1-2H3. The summed E-state index contributed by atoms with van der Waals surface area (Å²) in [6.07, 6.45) is 6.65. The van der Waals surface area contributed by atoms with E-state index in [-0.39, 0.29) is 5.03 Å². The lowest BCUT2D eigenvalue weighted by Gasteiger charge is -2.38. The molecule has 7 heteroatoms. The van der Waals surface area contributed by atoms with E-state index in [4.69, 9.17) is 11.6 Å². The van der Waals surface area contributed by atoms with E-state index in [1.165, 1.54) is 6.33 Å². The highest BCUT2D eigenvalue weighted by atomic mass is 35.5. The summed E-state index contributed by atoms with van der Waals surface area (Å²) in [5.74, 6) is 0.933. The highest BCUT2D eigenvalue weighted by Gasteiger charge is 2.38. The predicted molar refractivity (Wildman–Crippen MR) is 79.3 cm³/mol. The van der Waals surface area contributed by atoms with Crippen molar-refractivity contribution in [2.24, 2.45) is 5.92 Å². The summed E-state index contributed by atoms with van der Waals surface area (Å²) in [6.45, 7) is 4.82. The van der Waals surface area contributed by atoms with E-state index < -0.39 is 15.6 Å². The van der Waals surface area contributed by atoms with Gasteiger partial charge in [0.05, 0.1) is 6.33 Å². The number of nitrogens with zero attached hydrogens (tertiary/aromatic N) is 2. The van der Waals surface area contributed by atoms with Crippen molar-refractivity contribution in [3.63, 3.8) is 0 Å². The van der Waals surface area contributed by atoms with Crippen molar-refractivity contribution >= 4 is 21.6 Å². The van der Waals surface area contributed by atoms with Crippen LogP contribution in [0.2, 0.25) is 0 Å². The third kappa shape index (κ3) is 3.35. The molecule has 1 aliphatic carbocycles. The van der Waals surface area contributed by atoms with E-state index in [2.05, 4.69) is 16.6 Å². The first-order chi connectivity index (χ1) is 9.41. The number of sulfonamides is 1. The molecule has 0 aliphatic heterocycles. The Morgan fingerprint density at radius 2 is 2.15 bits per heavy atom. The maximum absolute atomic E-state index is 12.4. The van der Waals surface area contributed by atoms with Crippen LogP contribution in [-0.2, 0) is 16.6 Å². The molecule has 0 saturated heterocycles. The summed E-state index contributed by atoms with van der Waals surface area (Å²) in [5, 5.41) is 0.0717. The van der Waals surface area contributed by atoms with Crippen molar-refractivity contribution in [2.75, 3.05) is 5.88 Å². The molecule has 0 radical (unpaired) electrons. The summed E-state index contributed by atoms with van der Waals surface area (Å²) in [5.41, 5.74) is -0.525. The number of rotatable bonds is 5. The average molecular weight is 320 g/mol. The van der Waals surface area contributed by atoms with Gasteiger partial charge in [-0.3, -0.25) is 0 Å². The normalized spacial score (nSPS) is 27.6. The molecular weight excluding hydrogens is 298 g/mol. The van der Waals surface area contributed by atoms with E-state index >= 15 is 0 Å². The van der Waals surface area contributed by atoms with Gasteiger partial charge < -0.3 is 4.57 Å². The number of aryl methyl sites for hydroxylation is 1. The fraction of sp³-hybridized carbons (Fsp3) is 0.769. The molecule has 0 unspecified atom stereocenters. The van der Waals surface area contributed by atoms with Gasteiger partial charge >= 0.3 is 0 Å². The van der Waals surface area contributed by atoms with E-state index in [1.807, 2.05) is 6.92 Å². The van der Waals surface area contributed by atoms with Gasteiger partial charge in [-0.1, -0.05) is 6.92 Å². The van der Waals surface area contributed by atoms with Gasteiger partial charge in [-0.15, -0.1) is 11.6 Å². The minimum Gasteiger partial charge on any atom is -0.336 e. The number of alkyl halides is 1. The lowest BCUT2D eigenvalue weighted by Crippen LogP contribution is -2.52. The van der Waals surface area contributed by atoms with Crippen LogP contribution in [0.4, 0.5) is 0 Å². The molecule has 1 aromatic heterocycles. The second kappa shape index (κ2) is 6.03. The first-order valence-electron chi connectivity index (χ1n) is 7.02. The minimum absolute atomic E-state index is 0.0717. The van der Waals surface area contributed by atoms with Gasteiger partial charge in [-0.25, -0.2) is 18.1 Å². The molecule has 1 aromatic rings. The van der Waals surface area contributed by atoms with Gasteiger partial charge in [-0.05, 0) is 38.5 Å². The highest BCUT2D eigenvalue weighted by molar-refractivity contribution is 7.89. The quantitative estimate of drug-likeness (QED) is 0.847. The summed E-state index contributed by atoms with van der Waals surface area (Å²) in [6, 6.07) is 0. The topological polar surface area (TPSA) is 64.0 Å². The van der Waals surface area contributed by atoms with Crippen molar-refractivity contribution in [3.8, 4) is 0 Å². The summed E-state index contributed by atoms with van der Waals surface area (Å²) < 4.78 is 29.4. The van der Waals surface area contributed by atoms with Gasteiger partial charge in [0.25, 0.3) is 10.0 Å². The summed E-state index contributed by atoms with van der Waals surface area (Å²) in [7, 11) is -3.60. The number of hydrogen-bond donors (Lipinski definition) is 1. The number of aromatic nitrogens is 2. The maximum atomic E-state index is 12.4. The Hall–Kier alpha value is -0.590. The van der Waals surface area contributed by atoms with E-state index in [9.17, 15) is 8.42 Å². The first kappa shape index (κ1) is 15.8. The van der Waals surface area contributed by atoms with Gasteiger partial charge in [0.15, 0.2) is 5.03 Å². The van der Waals surface area contributed by atoms with Crippen molar-refractivity contribution in [1.29, 1.82) is 0 Å². The molecule has 114 valence electrons. The summed E-state index contributed by atoms with van der Waals surface area (Å²) in [4.78, 5) is 3.97. The van der Waals surface area contributed by atoms with E-state index in [1.54, 1.807) is 10.8 Å². The zero-order valence-corrected chi connectivity index (χ0v) is 13.5. The molecule has 2 rings (SSSR count). The van der Waals surface area contributed by atoms with Crippen LogP contribution in [-0.4, -0.2) is 29.4 Å². The van der Waals surface area contributed by atoms with Gasteiger partial charge in [-0.2, -0.15) is 0 Å². The monoisotopic (exact) mass is 319 g/mol. The number of halogens is 1. The smallest absolute Gasteiger partial charge is 0.260 e. The van der Waals surface area contributed by atoms with Crippen LogP contribution in [0.5, 0.6) is 0 Å². The molecule has 0 bridgehead atoms. The average Bonchev–Trinajstić information content (AvgIpc) is 2.91. The van der Waals surface area contributed by atoms with Gasteiger partial charge in [0.1, 0.15) is 0 Å². The Morgan fingerprint density at radius 3 is 2.65 bits per heavy atom. The largest absolute Gasteiger partial charge is 0.336 e. The third-order valence-electron chi connectivity index (χ3n) is 4.09. The Balaban J connectivity index is 2.17. The number of imidazole rings is 1. The second-order valence-corrected chi connectivity index (χ2v) is 7.64. The fourth-order valence-electron chi connectivity index (χ4n) is 2.57. The molecule has 0 aromatic carbocycles. The van der Waals surface area contributed by atoms with E-state index in [0.29, 0.717) is 18.3 Å². The molecule has 1 N–H and O–H groups in total. The van der Waals surface area contributed by atoms with Crippen molar-refractivity contribution in [1.82, 2.24) is 14.3 Å². The molecule has 0 spiro atoms. The Morgan fingerprint density at radius 1 is 1.50 bits per heavy atom. The Labute approximate surface area is 125 Å². The van der Waals surface area contributed by atoms with Crippen LogP contribution < -0.4 is 4.72 Å². The van der Waals surface area contributed by atoms with Crippen LogP contribution in [0.15, 0.2) is 17.6 Å².